The highest BCUT2D eigenvalue weighted by Crippen LogP contribution is 2.27. The van der Waals surface area contributed by atoms with Crippen molar-refractivity contribution in [3.05, 3.63) is 29.3 Å². The first-order chi connectivity index (χ1) is 7.40. The van der Waals surface area contributed by atoms with Gasteiger partial charge in [0.05, 0.1) is 0 Å². The van der Waals surface area contributed by atoms with E-state index in [0.29, 0.717) is 0 Å². The Morgan fingerprint density at radius 3 is 2.73 bits per heavy atom. The van der Waals surface area contributed by atoms with Gasteiger partial charge >= 0.3 is 0 Å². The molecule has 1 nitrogen and oxygen atoms in total. The SMILES string of the molecule is NCCCSc1ccc2c(c1)CCCC2. The predicted molar refractivity (Wildman–Crippen MR) is 67.5 cm³/mol. The van der Waals surface area contributed by atoms with E-state index in [9.17, 15) is 0 Å². The first-order valence-electron chi connectivity index (χ1n) is 5.85. The average Bonchev–Trinajstić information content (AvgIpc) is 2.29. The molecule has 0 radical (unpaired) electrons. The summed E-state index contributed by atoms with van der Waals surface area (Å²) >= 11 is 1.94. The lowest BCUT2D eigenvalue weighted by Crippen LogP contribution is -2.02. The van der Waals surface area contributed by atoms with Gasteiger partial charge in [-0.2, -0.15) is 0 Å². The fraction of sp³-hybridized carbons (Fsp3) is 0.538. The molecule has 0 heterocycles. The maximum absolute atomic E-state index is 5.49. The van der Waals surface area contributed by atoms with Crippen molar-refractivity contribution in [3.63, 3.8) is 0 Å². The highest BCUT2D eigenvalue weighted by atomic mass is 32.2. The zero-order valence-electron chi connectivity index (χ0n) is 9.17. The molecule has 0 spiro atoms. The van der Waals surface area contributed by atoms with Crippen LogP contribution in [0, 0.1) is 0 Å². The monoisotopic (exact) mass is 221 g/mol. The molecule has 1 aliphatic carbocycles. The number of aryl methyl sites for hydroxylation is 2. The number of thioether (sulfide) groups is 1. The average molecular weight is 221 g/mol. The quantitative estimate of drug-likeness (QED) is 0.625. The second-order valence-corrected chi connectivity index (χ2v) is 5.30. The predicted octanol–water partition coefficient (Wildman–Crippen LogP) is 3.01. The first-order valence-corrected chi connectivity index (χ1v) is 6.83. The smallest absolute Gasteiger partial charge is 0.00748 e. The third-order valence-electron chi connectivity index (χ3n) is 2.94. The molecule has 1 aliphatic rings. The van der Waals surface area contributed by atoms with Gasteiger partial charge in [0.2, 0.25) is 0 Å². The van der Waals surface area contributed by atoms with E-state index in [1.165, 1.54) is 30.6 Å². The van der Waals surface area contributed by atoms with Crippen molar-refractivity contribution >= 4 is 11.8 Å². The zero-order chi connectivity index (χ0) is 10.5. The highest BCUT2D eigenvalue weighted by molar-refractivity contribution is 7.99. The lowest BCUT2D eigenvalue weighted by Gasteiger charge is -2.16. The summed E-state index contributed by atoms with van der Waals surface area (Å²) in [7, 11) is 0. The highest BCUT2D eigenvalue weighted by Gasteiger charge is 2.09. The molecular formula is C13H19NS. The van der Waals surface area contributed by atoms with E-state index in [1.807, 2.05) is 11.8 Å². The summed E-state index contributed by atoms with van der Waals surface area (Å²) in [6.45, 7) is 0.804. The van der Waals surface area contributed by atoms with Crippen LogP contribution in [0.5, 0.6) is 0 Å². The van der Waals surface area contributed by atoms with Gasteiger partial charge in [-0.05, 0) is 67.7 Å². The van der Waals surface area contributed by atoms with Gasteiger partial charge in [0.25, 0.3) is 0 Å². The van der Waals surface area contributed by atoms with E-state index in [1.54, 1.807) is 11.1 Å². The van der Waals surface area contributed by atoms with E-state index >= 15 is 0 Å². The van der Waals surface area contributed by atoms with Crippen LogP contribution in [0.4, 0.5) is 0 Å². The Morgan fingerprint density at radius 1 is 1.13 bits per heavy atom. The number of fused-ring (bicyclic) bond motifs is 1. The first kappa shape index (κ1) is 11.0. The van der Waals surface area contributed by atoms with Crippen LogP contribution in [0.3, 0.4) is 0 Å². The summed E-state index contributed by atoms with van der Waals surface area (Å²) in [6.07, 6.45) is 6.40. The summed E-state index contributed by atoms with van der Waals surface area (Å²) < 4.78 is 0. The van der Waals surface area contributed by atoms with Crippen molar-refractivity contribution in [2.75, 3.05) is 12.3 Å². The lowest BCUT2D eigenvalue weighted by molar-refractivity contribution is 0.683. The molecule has 2 N–H and O–H groups in total. The Labute approximate surface area is 96.4 Å². The number of nitrogens with two attached hydrogens (primary N) is 1. The Morgan fingerprint density at radius 2 is 1.93 bits per heavy atom. The van der Waals surface area contributed by atoms with E-state index in [2.05, 4.69) is 18.2 Å². The van der Waals surface area contributed by atoms with Gasteiger partial charge in [0.1, 0.15) is 0 Å². The Balaban J connectivity index is 2.00. The zero-order valence-corrected chi connectivity index (χ0v) is 9.98. The van der Waals surface area contributed by atoms with Crippen LogP contribution in [0.15, 0.2) is 23.1 Å². The number of hydrogen-bond acceptors (Lipinski definition) is 2. The van der Waals surface area contributed by atoms with Crippen LogP contribution >= 0.6 is 11.8 Å². The molecule has 0 saturated carbocycles. The molecule has 0 aliphatic heterocycles. The van der Waals surface area contributed by atoms with Crippen LogP contribution in [0.2, 0.25) is 0 Å². The van der Waals surface area contributed by atoms with E-state index in [-0.39, 0.29) is 0 Å². The summed E-state index contributed by atoms with van der Waals surface area (Å²) in [4.78, 5) is 1.42. The minimum Gasteiger partial charge on any atom is -0.330 e. The molecule has 0 fully saturated rings. The largest absolute Gasteiger partial charge is 0.330 e. The van der Waals surface area contributed by atoms with Gasteiger partial charge in [-0.3, -0.25) is 0 Å². The van der Waals surface area contributed by atoms with Crippen LogP contribution in [-0.4, -0.2) is 12.3 Å². The molecule has 2 rings (SSSR count). The second kappa shape index (κ2) is 5.57. The van der Waals surface area contributed by atoms with Crippen molar-refractivity contribution in [1.82, 2.24) is 0 Å². The number of hydrogen-bond donors (Lipinski definition) is 1. The Kier molecular flexibility index (Phi) is 4.09. The maximum Gasteiger partial charge on any atom is 0.00748 e. The number of benzene rings is 1. The van der Waals surface area contributed by atoms with Gasteiger partial charge in [-0.25, -0.2) is 0 Å². The number of rotatable bonds is 4. The molecule has 1 aromatic rings. The normalized spacial score (nSPS) is 15.0. The van der Waals surface area contributed by atoms with Crippen LogP contribution < -0.4 is 5.73 Å². The molecule has 15 heavy (non-hydrogen) atoms. The third kappa shape index (κ3) is 2.99. The minimum atomic E-state index is 0.804. The molecule has 1 aromatic carbocycles. The standard InChI is InChI=1S/C13H19NS/c14-8-3-9-15-13-7-6-11-4-1-2-5-12(11)10-13/h6-7,10H,1-5,8-9,14H2. The maximum atomic E-state index is 5.49. The Hall–Kier alpha value is -0.470. The van der Waals surface area contributed by atoms with Crippen LogP contribution in [0.1, 0.15) is 30.4 Å². The second-order valence-electron chi connectivity index (χ2n) is 4.13. The molecule has 2 heteroatoms. The van der Waals surface area contributed by atoms with Gasteiger partial charge in [-0.15, -0.1) is 11.8 Å². The molecular weight excluding hydrogens is 202 g/mol. The van der Waals surface area contributed by atoms with Crippen molar-refractivity contribution in [2.24, 2.45) is 5.73 Å². The van der Waals surface area contributed by atoms with E-state index in [4.69, 9.17) is 5.73 Å². The summed E-state index contributed by atoms with van der Waals surface area (Å²) in [5.74, 6) is 1.15. The molecule has 0 amide bonds. The van der Waals surface area contributed by atoms with E-state index in [0.717, 1.165) is 18.7 Å². The summed E-state index contributed by atoms with van der Waals surface area (Å²) in [6, 6.07) is 6.97. The van der Waals surface area contributed by atoms with Crippen molar-refractivity contribution < 1.29 is 0 Å². The van der Waals surface area contributed by atoms with Crippen molar-refractivity contribution in [2.45, 2.75) is 37.0 Å². The fourth-order valence-electron chi connectivity index (χ4n) is 2.07. The molecule has 82 valence electrons. The molecule has 0 bridgehead atoms. The van der Waals surface area contributed by atoms with Crippen LogP contribution in [0.25, 0.3) is 0 Å². The third-order valence-corrected chi connectivity index (χ3v) is 4.02. The van der Waals surface area contributed by atoms with Gasteiger partial charge in [0.15, 0.2) is 0 Å². The fourth-order valence-corrected chi connectivity index (χ4v) is 3.01. The van der Waals surface area contributed by atoms with Crippen molar-refractivity contribution in [1.29, 1.82) is 0 Å². The summed E-state index contributed by atoms with van der Waals surface area (Å²) in [5, 5.41) is 0. The Bertz CT molecular complexity index is 322. The minimum absolute atomic E-state index is 0.804. The summed E-state index contributed by atoms with van der Waals surface area (Å²) in [5.41, 5.74) is 8.65. The van der Waals surface area contributed by atoms with Gasteiger partial charge < -0.3 is 5.73 Å². The van der Waals surface area contributed by atoms with Gasteiger partial charge in [0, 0.05) is 4.90 Å². The lowest BCUT2D eigenvalue weighted by atomic mass is 9.92. The molecule has 0 unspecified atom stereocenters. The topological polar surface area (TPSA) is 26.0 Å². The van der Waals surface area contributed by atoms with Crippen LogP contribution in [-0.2, 0) is 12.8 Å². The van der Waals surface area contributed by atoms with E-state index < -0.39 is 0 Å². The van der Waals surface area contributed by atoms with Gasteiger partial charge in [-0.1, -0.05) is 6.07 Å². The van der Waals surface area contributed by atoms with Crippen molar-refractivity contribution in [3.8, 4) is 0 Å². The molecule has 0 atom stereocenters. The molecule has 0 aromatic heterocycles. The molecule has 0 saturated heterocycles.